The zero-order valence-electron chi connectivity index (χ0n) is 22.6. The van der Waals surface area contributed by atoms with Gasteiger partial charge < -0.3 is 15.1 Å². The van der Waals surface area contributed by atoms with Crippen molar-refractivity contribution in [1.29, 1.82) is 0 Å². The highest BCUT2D eigenvalue weighted by atomic mass is 32.1. The SMILES string of the molecule is Cc1ccsc1CN(Cc1ccc(F)cc1)C(=O)CN(C(=O)Nc1ccc(C(C)C)cc1)C1CCCCC1. The van der Waals surface area contributed by atoms with Crippen LogP contribution in [0.5, 0.6) is 0 Å². The molecular formula is C31H38FN3O2S. The summed E-state index contributed by atoms with van der Waals surface area (Å²) >= 11 is 1.62. The first kappa shape index (κ1) is 27.8. The van der Waals surface area contributed by atoms with Crippen LogP contribution in [0.4, 0.5) is 14.9 Å². The van der Waals surface area contributed by atoms with Crippen molar-refractivity contribution in [3.05, 3.63) is 87.4 Å². The monoisotopic (exact) mass is 535 g/mol. The third kappa shape index (κ3) is 7.44. The first-order valence-corrected chi connectivity index (χ1v) is 14.4. The maximum absolute atomic E-state index is 13.8. The average Bonchev–Trinajstić information content (AvgIpc) is 3.32. The van der Waals surface area contributed by atoms with Gasteiger partial charge in [-0.05, 0) is 78.1 Å². The number of hydrogen-bond donors (Lipinski definition) is 1. The second-order valence-electron chi connectivity index (χ2n) is 10.5. The van der Waals surface area contributed by atoms with Crippen LogP contribution in [-0.2, 0) is 17.9 Å². The Morgan fingerprint density at radius 2 is 1.66 bits per heavy atom. The lowest BCUT2D eigenvalue weighted by Gasteiger charge is -2.35. The fourth-order valence-corrected chi connectivity index (χ4v) is 5.85. The Bertz CT molecular complexity index is 1200. The Hall–Kier alpha value is -3.19. The predicted octanol–water partition coefficient (Wildman–Crippen LogP) is 7.71. The molecule has 202 valence electrons. The van der Waals surface area contributed by atoms with E-state index in [1.165, 1.54) is 17.7 Å². The highest BCUT2D eigenvalue weighted by Crippen LogP contribution is 2.25. The first-order valence-electron chi connectivity index (χ1n) is 13.5. The second kappa shape index (κ2) is 13.1. The lowest BCUT2D eigenvalue weighted by atomic mass is 9.94. The minimum atomic E-state index is -0.303. The number of benzene rings is 2. The maximum atomic E-state index is 13.8. The third-order valence-corrected chi connectivity index (χ3v) is 8.36. The molecule has 1 fully saturated rings. The molecule has 0 spiro atoms. The van der Waals surface area contributed by atoms with E-state index in [0.717, 1.165) is 53.8 Å². The number of rotatable bonds is 9. The standard InChI is InChI=1S/C31H38FN3O2S/c1-22(2)25-11-15-27(16-12-25)33-31(37)35(28-7-5-4-6-8-28)21-30(36)34(20-29-23(3)17-18-38-29)19-24-9-13-26(32)14-10-24/h9-18,22,28H,4-8,19-21H2,1-3H3,(H,33,37). The van der Waals surface area contributed by atoms with E-state index < -0.39 is 0 Å². The van der Waals surface area contributed by atoms with Crippen LogP contribution in [0.2, 0.25) is 0 Å². The summed E-state index contributed by atoms with van der Waals surface area (Å²) in [4.78, 5) is 32.0. The Kier molecular flexibility index (Phi) is 9.56. The molecule has 1 heterocycles. The summed E-state index contributed by atoms with van der Waals surface area (Å²) in [6, 6.07) is 16.0. The van der Waals surface area contributed by atoms with E-state index in [4.69, 9.17) is 0 Å². The number of aryl methyl sites for hydroxylation is 1. The lowest BCUT2D eigenvalue weighted by molar-refractivity contribution is -0.133. The normalized spacial score (nSPS) is 13.9. The van der Waals surface area contributed by atoms with Crippen molar-refractivity contribution in [2.75, 3.05) is 11.9 Å². The summed E-state index contributed by atoms with van der Waals surface area (Å²) < 4.78 is 13.5. The number of nitrogens with zero attached hydrogens (tertiary/aromatic N) is 2. The second-order valence-corrected chi connectivity index (χ2v) is 11.5. The number of urea groups is 1. The van der Waals surface area contributed by atoms with Crippen molar-refractivity contribution in [2.24, 2.45) is 0 Å². The van der Waals surface area contributed by atoms with Crippen LogP contribution < -0.4 is 5.32 Å². The van der Waals surface area contributed by atoms with Gasteiger partial charge in [0, 0.05) is 23.2 Å². The Morgan fingerprint density at radius 3 is 2.26 bits per heavy atom. The molecule has 3 amide bonds. The molecular weight excluding hydrogens is 497 g/mol. The van der Waals surface area contributed by atoms with Gasteiger partial charge in [-0.1, -0.05) is 57.4 Å². The summed E-state index contributed by atoms with van der Waals surface area (Å²) in [5.74, 6) is -0.00418. The van der Waals surface area contributed by atoms with Crippen molar-refractivity contribution in [1.82, 2.24) is 9.80 Å². The van der Waals surface area contributed by atoms with Crippen LogP contribution >= 0.6 is 11.3 Å². The minimum absolute atomic E-state index is 0.00615. The van der Waals surface area contributed by atoms with Gasteiger partial charge in [-0.3, -0.25) is 4.79 Å². The largest absolute Gasteiger partial charge is 0.332 e. The molecule has 38 heavy (non-hydrogen) atoms. The van der Waals surface area contributed by atoms with E-state index in [1.807, 2.05) is 42.6 Å². The van der Waals surface area contributed by atoms with Crippen molar-refractivity contribution in [2.45, 2.75) is 77.9 Å². The minimum Gasteiger partial charge on any atom is -0.332 e. The van der Waals surface area contributed by atoms with Crippen LogP contribution in [0.1, 0.15) is 73.4 Å². The first-order chi connectivity index (χ1) is 18.3. The van der Waals surface area contributed by atoms with Crippen molar-refractivity contribution in [3.8, 4) is 0 Å². The molecule has 4 rings (SSSR count). The average molecular weight is 536 g/mol. The van der Waals surface area contributed by atoms with Gasteiger partial charge in [0.05, 0.1) is 6.54 Å². The van der Waals surface area contributed by atoms with Gasteiger partial charge in [-0.25, -0.2) is 9.18 Å². The topological polar surface area (TPSA) is 52.7 Å². The van der Waals surface area contributed by atoms with Gasteiger partial charge >= 0.3 is 6.03 Å². The van der Waals surface area contributed by atoms with Gasteiger partial charge in [0.15, 0.2) is 0 Å². The summed E-state index contributed by atoms with van der Waals surface area (Å²) in [6.45, 7) is 7.13. The van der Waals surface area contributed by atoms with Crippen LogP contribution in [0.15, 0.2) is 60.0 Å². The molecule has 0 unspecified atom stereocenters. The number of anilines is 1. The van der Waals surface area contributed by atoms with Gasteiger partial charge in [-0.2, -0.15) is 0 Å². The number of carbonyl (C=O) groups excluding carboxylic acids is 2. The molecule has 2 aromatic carbocycles. The number of amides is 3. The van der Waals surface area contributed by atoms with Crippen LogP contribution in [0.3, 0.4) is 0 Å². The van der Waals surface area contributed by atoms with Crippen LogP contribution in [-0.4, -0.2) is 34.3 Å². The number of halogens is 1. The summed E-state index contributed by atoms with van der Waals surface area (Å²) in [6.07, 6.45) is 5.06. The molecule has 1 aliphatic carbocycles. The number of carbonyl (C=O) groups is 2. The number of hydrogen-bond acceptors (Lipinski definition) is 3. The lowest BCUT2D eigenvalue weighted by Crippen LogP contribution is -2.49. The van der Waals surface area contributed by atoms with E-state index in [-0.39, 0.29) is 30.3 Å². The smallest absolute Gasteiger partial charge is 0.322 e. The third-order valence-electron chi connectivity index (χ3n) is 7.35. The van der Waals surface area contributed by atoms with Gasteiger partial charge in [0.1, 0.15) is 12.4 Å². The molecule has 7 heteroatoms. The van der Waals surface area contributed by atoms with Crippen LogP contribution in [0.25, 0.3) is 0 Å². The Labute approximate surface area is 229 Å². The van der Waals surface area contributed by atoms with Crippen molar-refractivity contribution < 1.29 is 14.0 Å². The van der Waals surface area contributed by atoms with Gasteiger partial charge in [-0.15, -0.1) is 11.3 Å². The van der Waals surface area contributed by atoms with E-state index in [0.29, 0.717) is 19.0 Å². The molecule has 0 atom stereocenters. The van der Waals surface area contributed by atoms with Crippen LogP contribution in [0, 0.1) is 12.7 Å². The maximum Gasteiger partial charge on any atom is 0.322 e. The fourth-order valence-electron chi connectivity index (χ4n) is 4.93. The van der Waals surface area contributed by atoms with Crippen molar-refractivity contribution in [3.63, 3.8) is 0 Å². The highest BCUT2D eigenvalue weighted by molar-refractivity contribution is 7.10. The van der Waals surface area contributed by atoms with E-state index in [2.05, 4.69) is 19.2 Å². The molecule has 0 bridgehead atoms. The fraction of sp³-hybridized carbons (Fsp3) is 0.419. The number of thiophene rings is 1. The molecule has 1 aliphatic rings. The molecule has 1 N–H and O–H groups in total. The molecule has 3 aromatic rings. The molecule has 0 radical (unpaired) electrons. The van der Waals surface area contributed by atoms with Gasteiger partial charge in [0.2, 0.25) is 5.91 Å². The zero-order valence-corrected chi connectivity index (χ0v) is 23.4. The molecule has 1 aromatic heterocycles. The summed E-state index contributed by atoms with van der Waals surface area (Å²) in [5, 5.41) is 5.06. The number of nitrogens with one attached hydrogen (secondary N) is 1. The zero-order chi connectivity index (χ0) is 27.1. The Balaban J connectivity index is 1.54. The molecule has 0 aliphatic heterocycles. The van der Waals surface area contributed by atoms with E-state index in [9.17, 15) is 14.0 Å². The van der Waals surface area contributed by atoms with E-state index in [1.54, 1.807) is 33.3 Å². The molecule has 0 saturated heterocycles. The molecule has 1 saturated carbocycles. The van der Waals surface area contributed by atoms with E-state index >= 15 is 0 Å². The summed E-state index contributed by atoms with van der Waals surface area (Å²) in [7, 11) is 0. The van der Waals surface area contributed by atoms with Crippen molar-refractivity contribution >= 4 is 29.0 Å². The Morgan fingerprint density at radius 1 is 0.974 bits per heavy atom. The predicted molar refractivity (Wildman–Crippen MR) is 153 cm³/mol. The highest BCUT2D eigenvalue weighted by Gasteiger charge is 2.29. The molecule has 5 nitrogen and oxygen atoms in total. The quantitative estimate of drug-likeness (QED) is 0.305. The summed E-state index contributed by atoms with van der Waals surface area (Å²) in [5.41, 5.74) is 3.93. The van der Waals surface area contributed by atoms with Gasteiger partial charge in [0.25, 0.3) is 0 Å².